The molecule has 0 radical (unpaired) electrons. The molecule has 0 unspecified atom stereocenters. The third-order valence-corrected chi connectivity index (χ3v) is 3.06. The summed E-state index contributed by atoms with van der Waals surface area (Å²) in [4.78, 5) is 4.27. The summed E-state index contributed by atoms with van der Waals surface area (Å²) in [6.45, 7) is 3.74. The third kappa shape index (κ3) is 3.03. The van der Waals surface area contributed by atoms with E-state index < -0.39 is 0 Å². The first-order chi connectivity index (χ1) is 8.97. The molecule has 0 atom stereocenters. The Balaban J connectivity index is 2.39. The molecular weight excluding hydrogens is 262 g/mol. The molecule has 19 heavy (non-hydrogen) atoms. The summed E-state index contributed by atoms with van der Waals surface area (Å²) < 4.78 is 5.70. The molecule has 1 aromatic heterocycles. The van der Waals surface area contributed by atoms with E-state index in [1.165, 1.54) is 0 Å². The predicted octanol–water partition coefficient (Wildman–Crippen LogP) is 3.43. The number of nitrogens with zero attached hydrogens (tertiary/aromatic N) is 1. The van der Waals surface area contributed by atoms with Crippen molar-refractivity contribution >= 4 is 17.4 Å². The van der Waals surface area contributed by atoms with Gasteiger partial charge in [-0.2, -0.15) is 0 Å². The van der Waals surface area contributed by atoms with E-state index in [2.05, 4.69) is 4.98 Å². The number of aromatic nitrogens is 1. The Morgan fingerprint density at radius 3 is 2.63 bits per heavy atom. The van der Waals surface area contributed by atoms with Crippen LogP contribution in [0.15, 0.2) is 30.3 Å². The zero-order valence-electron chi connectivity index (χ0n) is 10.7. The molecule has 98 valence electrons. The normalized spacial score (nSPS) is 10.3. The van der Waals surface area contributed by atoms with Gasteiger partial charge in [0.2, 0.25) is 5.88 Å². The van der Waals surface area contributed by atoms with E-state index in [0.29, 0.717) is 22.2 Å². The van der Waals surface area contributed by atoms with Gasteiger partial charge in [-0.3, -0.25) is 5.41 Å². The van der Waals surface area contributed by atoms with Crippen LogP contribution in [0.3, 0.4) is 0 Å². The standard InChI is InChI=1S/C14H14ClN3O/c1-8-7-10(4-6-12(8)15)19-14-11(13(16)17)5-3-9(2)18-14/h3-7H,1-2H3,(H3,16,17). The number of rotatable bonds is 3. The minimum atomic E-state index is -0.0758. The summed E-state index contributed by atoms with van der Waals surface area (Å²) >= 11 is 5.97. The molecule has 0 amide bonds. The molecule has 0 aliphatic heterocycles. The molecule has 2 aromatic rings. The number of nitrogens with two attached hydrogens (primary N) is 1. The van der Waals surface area contributed by atoms with Crippen molar-refractivity contribution in [3.8, 4) is 11.6 Å². The number of aryl methyl sites for hydroxylation is 2. The van der Waals surface area contributed by atoms with Crippen LogP contribution in [0, 0.1) is 19.3 Å². The van der Waals surface area contributed by atoms with Crippen molar-refractivity contribution in [2.45, 2.75) is 13.8 Å². The highest BCUT2D eigenvalue weighted by Gasteiger charge is 2.10. The van der Waals surface area contributed by atoms with Crippen LogP contribution in [0.1, 0.15) is 16.8 Å². The number of benzene rings is 1. The van der Waals surface area contributed by atoms with Crippen molar-refractivity contribution in [2.75, 3.05) is 0 Å². The maximum absolute atomic E-state index is 7.53. The second kappa shape index (κ2) is 5.28. The Morgan fingerprint density at radius 2 is 2.00 bits per heavy atom. The van der Waals surface area contributed by atoms with E-state index in [1.807, 2.05) is 19.9 Å². The van der Waals surface area contributed by atoms with Crippen LogP contribution in [0.4, 0.5) is 0 Å². The van der Waals surface area contributed by atoms with Gasteiger partial charge in [-0.1, -0.05) is 11.6 Å². The van der Waals surface area contributed by atoms with Gasteiger partial charge in [0, 0.05) is 10.7 Å². The summed E-state index contributed by atoms with van der Waals surface area (Å²) in [5.41, 5.74) is 7.70. The Hall–Kier alpha value is -2.07. The molecule has 0 saturated heterocycles. The summed E-state index contributed by atoms with van der Waals surface area (Å²) in [6, 6.07) is 8.84. The Morgan fingerprint density at radius 1 is 1.26 bits per heavy atom. The first-order valence-corrected chi connectivity index (χ1v) is 6.11. The van der Waals surface area contributed by atoms with Crippen LogP contribution in [0.2, 0.25) is 5.02 Å². The lowest BCUT2D eigenvalue weighted by Crippen LogP contribution is -2.13. The highest BCUT2D eigenvalue weighted by molar-refractivity contribution is 6.31. The first-order valence-electron chi connectivity index (χ1n) is 5.73. The summed E-state index contributed by atoms with van der Waals surface area (Å²) in [7, 11) is 0. The number of nitrogens with one attached hydrogen (secondary N) is 1. The summed E-state index contributed by atoms with van der Waals surface area (Å²) in [6.07, 6.45) is 0. The van der Waals surface area contributed by atoms with Crippen LogP contribution in [0.25, 0.3) is 0 Å². The molecule has 5 heteroatoms. The van der Waals surface area contributed by atoms with Gasteiger partial charge in [0.05, 0.1) is 5.56 Å². The molecule has 0 bridgehead atoms. The maximum Gasteiger partial charge on any atom is 0.230 e. The average molecular weight is 276 g/mol. The van der Waals surface area contributed by atoms with Crippen LogP contribution in [-0.2, 0) is 0 Å². The fraction of sp³-hybridized carbons (Fsp3) is 0.143. The first kappa shape index (κ1) is 13.4. The van der Waals surface area contributed by atoms with E-state index in [0.717, 1.165) is 11.3 Å². The van der Waals surface area contributed by atoms with E-state index in [-0.39, 0.29) is 5.84 Å². The van der Waals surface area contributed by atoms with Crippen LogP contribution in [0.5, 0.6) is 11.6 Å². The van der Waals surface area contributed by atoms with Crippen molar-refractivity contribution in [1.29, 1.82) is 5.41 Å². The second-order valence-electron chi connectivity index (χ2n) is 4.23. The number of amidine groups is 1. The second-order valence-corrected chi connectivity index (χ2v) is 4.64. The number of ether oxygens (including phenoxy) is 1. The highest BCUT2D eigenvalue weighted by atomic mass is 35.5. The fourth-order valence-electron chi connectivity index (χ4n) is 1.61. The van der Waals surface area contributed by atoms with E-state index in [9.17, 15) is 0 Å². The van der Waals surface area contributed by atoms with Gasteiger partial charge < -0.3 is 10.5 Å². The van der Waals surface area contributed by atoms with Crippen LogP contribution < -0.4 is 10.5 Å². The third-order valence-electron chi connectivity index (χ3n) is 2.63. The Kier molecular flexibility index (Phi) is 3.71. The topological polar surface area (TPSA) is 72.0 Å². The smallest absolute Gasteiger partial charge is 0.230 e. The maximum atomic E-state index is 7.53. The number of nitrogen functional groups attached to an aromatic ring is 1. The van der Waals surface area contributed by atoms with E-state index in [4.69, 9.17) is 27.5 Å². The lowest BCUT2D eigenvalue weighted by Gasteiger charge is -2.10. The Bertz CT molecular complexity index is 641. The van der Waals surface area contributed by atoms with Gasteiger partial charge in [0.1, 0.15) is 11.6 Å². The number of hydrogen-bond donors (Lipinski definition) is 2. The lowest BCUT2D eigenvalue weighted by atomic mass is 10.2. The van der Waals surface area contributed by atoms with Gasteiger partial charge in [0.25, 0.3) is 0 Å². The van der Waals surface area contributed by atoms with Crippen molar-refractivity contribution in [1.82, 2.24) is 4.98 Å². The summed E-state index contributed by atoms with van der Waals surface area (Å²) in [5.74, 6) is 0.866. The van der Waals surface area contributed by atoms with Crippen molar-refractivity contribution < 1.29 is 4.74 Å². The van der Waals surface area contributed by atoms with Crippen molar-refractivity contribution in [2.24, 2.45) is 5.73 Å². The molecule has 2 rings (SSSR count). The molecule has 1 heterocycles. The van der Waals surface area contributed by atoms with Gasteiger partial charge >= 0.3 is 0 Å². The van der Waals surface area contributed by atoms with E-state index in [1.54, 1.807) is 24.3 Å². The molecule has 0 aliphatic rings. The molecule has 0 aliphatic carbocycles. The van der Waals surface area contributed by atoms with Gasteiger partial charge in [-0.15, -0.1) is 0 Å². The SMILES string of the molecule is Cc1ccc(C(=N)N)c(Oc2ccc(Cl)c(C)c2)n1. The van der Waals surface area contributed by atoms with Crippen molar-refractivity contribution in [3.05, 3.63) is 52.2 Å². The minimum absolute atomic E-state index is 0.0758. The molecule has 1 aromatic carbocycles. The molecular formula is C14H14ClN3O. The zero-order valence-corrected chi connectivity index (χ0v) is 11.5. The van der Waals surface area contributed by atoms with Gasteiger partial charge in [-0.05, 0) is 49.7 Å². The van der Waals surface area contributed by atoms with Crippen molar-refractivity contribution in [3.63, 3.8) is 0 Å². The molecule has 4 nitrogen and oxygen atoms in total. The quantitative estimate of drug-likeness (QED) is 0.666. The minimum Gasteiger partial charge on any atom is -0.438 e. The lowest BCUT2D eigenvalue weighted by molar-refractivity contribution is 0.460. The van der Waals surface area contributed by atoms with Gasteiger partial charge in [-0.25, -0.2) is 4.98 Å². The fourth-order valence-corrected chi connectivity index (χ4v) is 1.73. The van der Waals surface area contributed by atoms with Crippen LogP contribution >= 0.6 is 11.6 Å². The molecule has 0 saturated carbocycles. The largest absolute Gasteiger partial charge is 0.438 e. The number of halogens is 1. The number of pyridine rings is 1. The molecule has 0 fully saturated rings. The predicted molar refractivity (Wildman–Crippen MR) is 76.3 cm³/mol. The average Bonchev–Trinajstić information content (AvgIpc) is 2.33. The monoisotopic (exact) mass is 275 g/mol. The molecule has 0 spiro atoms. The van der Waals surface area contributed by atoms with Crippen LogP contribution in [-0.4, -0.2) is 10.8 Å². The summed E-state index contributed by atoms with van der Waals surface area (Å²) in [5, 5.41) is 8.20. The Labute approximate surface area is 116 Å². The zero-order chi connectivity index (χ0) is 14.0. The molecule has 3 N–H and O–H groups in total. The highest BCUT2D eigenvalue weighted by Crippen LogP contribution is 2.27. The van der Waals surface area contributed by atoms with E-state index >= 15 is 0 Å². The number of hydrogen-bond acceptors (Lipinski definition) is 3. The van der Waals surface area contributed by atoms with Gasteiger partial charge in [0.15, 0.2) is 0 Å².